The monoisotopic (exact) mass is 354 g/mol. The quantitative estimate of drug-likeness (QED) is 0.354. The van der Waals surface area contributed by atoms with E-state index < -0.39 is 10.9 Å². The SMILES string of the molecule is COc1cccc(/C=C2/N=C(c3ccc([N+](=O)[O-])cc3)OC2=O)c1OC. The van der Waals surface area contributed by atoms with Crippen molar-refractivity contribution in [1.29, 1.82) is 0 Å². The van der Waals surface area contributed by atoms with Gasteiger partial charge in [-0.2, -0.15) is 0 Å². The number of nitro groups is 1. The van der Waals surface area contributed by atoms with E-state index in [1.54, 1.807) is 18.2 Å². The van der Waals surface area contributed by atoms with E-state index in [9.17, 15) is 14.9 Å². The van der Waals surface area contributed by atoms with Crippen LogP contribution in [0.2, 0.25) is 0 Å². The number of esters is 1. The molecule has 0 saturated carbocycles. The van der Waals surface area contributed by atoms with Gasteiger partial charge in [-0.15, -0.1) is 0 Å². The summed E-state index contributed by atoms with van der Waals surface area (Å²) in [6.07, 6.45) is 1.53. The number of nitro benzene ring substituents is 1. The topological polar surface area (TPSA) is 100 Å². The van der Waals surface area contributed by atoms with Crippen molar-refractivity contribution >= 4 is 23.6 Å². The van der Waals surface area contributed by atoms with E-state index >= 15 is 0 Å². The fourth-order valence-corrected chi connectivity index (χ4v) is 2.43. The molecule has 0 radical (unpaired) electrons. The number of methoxy groups -OCH3 is 2. The van der Waals surface area contributed by atoms with Crippen molar-refractivity contribution < 1.29 is 23.9 Å². The summed E-state index contributed by atoms with van der Waals surface area (Å²) >= 11 is 0. The summed E-state index contributed by atoms with van der Waals surface area (Å²) in [5, 5.41) is 10.7. The van der Waals surface area contributed by atoms with Gasteiger partial charge in [0.05, 0.1) is 19.1 Å². The molecular formula is C18H14N2O6. The maximum atomic E-state index is 12.1. The normalized spacial score (nSPS) is 14.8. The molecule has 0 atom stereocenters. The molecule has 8 heteroatoms. The third-order valence-electron chi connectivity index (χ3n) is 3.67. The number of ether oxygens (including phenoxy) is 3. The zero-order chi connectivity index (χ0) is 18.7. The van der Waals surface area contributed by atoms with Gasteiger partial charge in [-0.25, -0.2) is 9.79 Å². The second kappa shape index (κ2) is 7.06. The molecule has 132 valence electrons. The van der Waals surface area contributed by atoms with Crippen LogP contribution in [-0.4, -0.2) is 31.0 Å². The van der Waals surface area contributed by atoms with Gasteiger partial charge in [-0.05, 0) is 24.3 Å². The number of hydrogen-bond donors (Lipinski definition) is 0. The summed E-state index contributed by atoms with van der Waals surface area (Å²) in [5.41, 5.74) is 1.10. The molecule has 1 heterocycles. The number of non-ortho nitro benzene ring substituents is 1. The summed E-state index contributed by atoms with van der Waals surface area (Å²) < 4.78 is 15.7. The standard InChI is InChI=1S/C18H14N2O6/c1-24-15-5-3-4-12(16(15)25-2)10-14-18(21)26-17(19-14)11-6-8-13(9-7-11)20(22)23/h3-10H,1-2H3/b14-10+. The van der Waals surface area contributed by atoms with E-state index in [2.05, 4.69) is 4.99 Å². The van der Waals surface area contributed by atoms with Gasteiger partial charge in [0.25, 0.3) is 5.69 Å². The van der Waals surface area contributed by atoms with Crippen molar-refractivity contribution in [3.05, 3.63) is 69.4 Å². The van der Waals surface area contributed by atoms with Crippen LogP contribution in [0.15, 0.2) is 53.2 Å². The molecule has 0 amide bonds. The van der Waals surface area contributed by atoms with Crippen LogP contribution in [0.5, 0.6) is 11.5 Å². The molecule has 0 unspecified atom stereocenters. The van der Waals surface area contributed by atoms with Crippen LogP contribution in [0.4, 0.5) is 5.69 Å². The van der Waals surface area contributed by atoms with Crippen LogP contribution in [0.3, 0.4) is 0 Å². The maximum Gasteiger partial charge on any atom is 0.363 e. The van der Waals surface area contributed by atoms with Gasteiger partial charge < -0.3 is 14.2 Å². The highest BCUT2D eigenvalue weighted by molar-refractivity contribution is 6.13. The Hall–Kier alpha value is -3.68. The van der Waals surface area contributed by atoms with Gasteiger partial charge in [0.1, 0.15) is 0 Å². The van der Waals surface area contributed by atoms with Gasteiger partial charge in [0.2, 0.25) is 5.90 Å². The second-order valence-electron chi connectivity index (χ2n) is 5.22. The molecule has 0 bridgehead atoms. The third kappa shape index (κ3) is 3.25. The number of nitrogens with zero attached hydrogens (tertiary/aromatic N) is 2. The number of hydrogen-bond acceptors (Lipinski definition) is 7. The molecule has 2 aromatic carbocycles. The van der Waals surface area contributed by atoms with E-state index in [-0.39, 0.29) is 17.3 Å². The van der Waals surface area contributed by atoms with Crippen molar-refractivity contribution in [2.24, 2.45) is 4.99 Å². The zero-order valence-corrected chi connectivity index (χ0v) is 14.0. The Bertz CT molecular complexity index is 931. The average molecular weight is 354 g/mol. The molecule has 0 aromatic heterocycles. The Morgan fingerprint density at radius 3 is 2.46 bits per heavy atom. The molecule has 26 heavy (non-hydrogen) atoms. The lowest BCUT2D eigenvalue weighted by Gasteiger charge is -2.09. The first-order valence-corrected chi connectivity index (χ1v) is 7.52. The Morgan fingerprint density at radius 1 is 1.12 bits per heavy atom. The Kier molecular flexibility index (Phi) is 4.66. The van der Waals surface area contributed by atoms with Crippen LogP contribution in [0.25, 0.3) is 6.08 Å². The van der Waals surface area contributed by atoms with Gasteiger partial charge in [0.15, 0.2) is 17.2 Å². The number of carbonyl (C=O) groups excluding carboxylic acids is 1. The average Bonchev–Trinajstić information content (AvgIpc) is 3.02. The fourth-order valence-electron chi connectivity index (χ4n) is 2.43. The zero-order valence-electron chi connectivity index (χ0n) is 14.0. The highest BCUT2D eigenvalue weighted by Gasteiger charge is 2.25. The first-order valence-electron chi connectivity index (χ1n) is 7.52. The smallest absolute Gasteiger partial charge is 0.363 e. The predicted molar refractivity (Wildman–Crippen MR) is 93.2 cm³/mol. The Morgan fingerprint density at radius 2 is 1.85 bits per heavy atom. The van der Waals surface area contributed by atoms with Crippen LogP contribution < -0.4 is 9.47 Å². The van der Waals surface area contributed by atoms with Gasteiger partial charge >= 0.3 is 5.97 Å². The van der Waals surface area contributed by atoms with Crippen LogP contribution in [0, 0.1) is 10.1 Å². The van der Waals surface area contributed by atoms with Gasteiger partial charge in [-0.1, -0.05) is 12.1 Å². The van der Waals surface area contributed by atoms with Crippen LogP contribution in [-0.2, 0) is 9.53 Å². The van der Waals surface area contributed by atoms with Crippen molar-refractivity contribution in [2.45, 2.75) is 0 Å². The number of rotatable bonds is 5. The molecule has 1 aliphatic heterocycles. The molecular weight excluding hydrogens is 340 g/mol. The lowest BCUT2D eigenvalue weighted by molar-refractivity contribution is -0.384. The Balaban J connectivity index is 1.95. The number of para-hydroxylation sites is 1. The van der Waals surface area contributed by atoms with E-state index in [0.29, 0.717) is 22.6 Å². The Labute approximate surface area is 148 Å². The number of cyclic esters (lactones) is 1. The number of benzene rings is 2. The van der Waals surface area contributed by atoms with E-state index in [1.807, 2.05) is 0 Å². The second-order valence-corrected chi connectivity index (χ2v) is 5.22. The molecule has 0 spiro atoms. The van der Waals surface area contributed by atoms with Crippen molar-refractivity contribution in [2.75, 3.05) is 14.2 Å². The summed E-state index contributed by atoms with van der Waals surface area (Å²) in [4.78, 5) is 26.5. The molecule has 1 aliphatic rings. The van der Waals surface area contributed by atoms with Gasteiger partial charge in [-0.3, -0.25) is 10.1 Å². The molecule has 2 aromatic rings. The lowest BCUT2D eigenvalue weighted by atomic mass is 10.1. The number of aliphatic imine (C=N–C) groups is 1. The highest BCUT2D eigenvalue weighted by Crippen LogP contribution is 2.33. The number of carbonyl (C=O) groups is 1. The predicted octanol–water partition coefficient (Wildman–Crippen LogP) is 2.96. The fraction of sp³-hybridized carbons (Fsp3) is 0.111. The summed E-state index contributed by atoms with van der Waals surface area (Å²) in [7, 11) is 3.02. The summed E-state index contributed by atoms with van der Waals surface area (Å²) in [6, 6.07) is 10.8. The first kappa shape index (κ1) is 17.2. The third-order valence-corrected chi connectivity index (χ3v) is 3.67. The molecule has 8 nitrogen and oxygen atoms in total. The highest BCUT2D eigenvalue weighted by atomic mass is 16.6. The van der Waals surface area contributed by atoms with Crippen molar-refractivity contribution in [3.8, 4) is 11.5 Å². The maximum absolute atomic E-state index is 12.1. The lowest BCUT2D eigenvalue weighted by Crippen LogP contribution is -2.05. The summed E-state index contributed by atoms with van der Waals surface area (Å²) in [6.45, 7) is 0. The van der Waals surface area contributed by atoms with Crippen LogP contribution >= 0.6 is 0 Å². The molecule has 0 N–H and O–H groups in total. The van der Waals surface area contributed by atoms with E-state index in [4.69, 9.17) is 14.2 Å². The molecule has 0 aliphatic carbocycles. The minimum absolute atomic E-state index is 0.0597. The molecule has 3 rings (SSSR count). The minimum Gasteiger partial charge on any atom is -0.493 e. The largest absolute Gasteiger partial charge is 0.493 e. The first-order chi connectivity index (χ1) is 12.5. The van der Waals surface area contributed by atoms with Crippen molar-refractivity contribution in [1.82, 2.24) is 0 Å². The van der Waals surface area contributed by atoms with E-state index in [0.717, 1.165) is 0 Å². The molecule has 0 saturated heterocycles. The van der Waals surface area contributed by atoms with E-state index in [1.165, 1.54) is 44.6 Å². The molecule has 0 fully saturated rings. The summed E-state index contributed by atoms with van der Waals surface area (Å²) in [5.74, 6) is 0.448. The van der Waals surface area contributed by atoms with Crippen LogP contribution in [0.1, 0.15) is 11.1 Å². The van der Waals surface area contributed by atoms with Gasteiger partial charge in [0, 0.05) is 23.3 Å². The minimum atomic E-state index is -0.622. The van der Waals surface area contributed by atoms with Crippen molar-refractivity contribution in [3.63, 3.8) is 0 Å².